The van der Waals surface area contributed by atoms with Crippen LogP contribution in [-0.4, -0.2) is 22.2 Å². The van der Waals surface area contributed by atoms with Gasteiger partial charge in [-0.25, -0.2) is 0 Å². The van der Waals surface area contributed by atoms with Crippen LogP contribution in [-0.2, 0) is 6.54 Å². The highest BCUT2D eigenvalue weighted by Crippen LogP contribution is 2.32. The van der Waals surface area contributed by atoms with Gasteiger partial charge in [0.2, 0.25) is 0 Å². The van der Waals surface area contributed by atoms with Crippen LogP contribution in [0.5, 0.6) is 0 Å². The number of hydrogen-bond donors (Lipinski definition) is 2. The molecule has 2 aromatic rings. The van der Waals surface area contributed by atoms with Crippen LogP contribution in [0.1, 0.15) is 33.7 Å². The molecule has 112 valence electrons. The summed E-state index contributed by atoms with van der Waals surface area (Å²) in [5, 5.41) is 9.04. The minimum atomic E-state index is -0.408. The second kappa shape index (κ2) is 6.14. The van der Waals surface area contributed by atoms with Gasteiger partial charge < -0.3 is 15.4 Å². The van der Waals surface area contributed by atoms with Crippen molar-refractivity contribution in [1.82, 2.24) is 4.57 Å². The number of aromatic nitrogens is 1. The topological polar surface area (TPSA) is 68.2 Å². The molecule has 0 aliphatic carbocycles. The Bertz CT molecular complexity index is 654. The largest absolute Gasteiger partial charge is 0.396 e. The molecule has 0 atom stereocenters. The molecule has 21 heavy (non-hydrogen) atoms. The molecule has 0 unspecified atom stereocenters. The fourth-order valence-electron chi connectivity index (χ4n) is 2.82. The van der Waals surface area contributed by atoms with Gasteiger partial charge in [-0.3, -0.25) is 4.79 Å². The number of primary amides is 1. The van der Waals surface area contributed by atoms with Crippen LogP contribution in [0.25, 0.3) is 11.1 Å². The lowest BCUT2D eigenvalue weighted by atomic mass is 9.99. The molecule has 0 radical (unpaired) electrons. The maximum Gasteiger partial charge on any atom is 0.251 e. The zero-order valence-corrected chi connectivity index (χ0v) is 12.8. The Hall–Kier alpha value is -2.07. The number of benzene rings is 1. The van der Waals surface area contributed by atoms with E-state index in [1.165, 1.54) is 5.56 Å². The van der Waals surface area contributed by atoms with E-state index in [0.29, 0.717) is 18.5 Å². The Morgan fingerprint density at radius 3 is 2.29 bits per heavy atom. The third-order valence-electron chi connectivity index (χ3n) is 3.91. The van der Waals surface area contributed by atoms with Crippen LogP contribution >= 0.6 is 0 Å². The third-order valence-corrected chi connectivity index (χ3v) is 3.91. The van der Waals surface area contributed by atoms with Gasteiger partial charge in [-0.05, 0) is 32.8 Å². The van der Waals surface area contributed by atoms with Crippen molar-refractivity contribution in [3.8, 4) is 11.1 Å². The van der Waals surface area contributed by atoms with Gasteiger partial charge in [-0.15, -0.1) is 0 Å². The predicted molar refractivity (Wildman–Crippen MR) is 84.3 cm³/mol. The number of rotatable bonds is 5. The zero-order chi connectivity index (χ0) is 15.6. The highest BCUT2D eigenvalue weighted by Gasteiger charge is 2.22. The number of amides is 1. The maximum atomic E-state index is 11.9. The Morgan fingerprint density at radius 1 is 1.14 bits per heavy atom. The van der Waals surface area contributed by atoms with Gasteiger partial charge in [0, 0.05) is 30.1 Å². The average molecular weight is 286 g/mol. The molecule has 4 nitrogen and oxygen atoms in total. The van der Waals surface area contributed by atoms with E-state index in [9.17, 15) is 4.79 Å². The lowest BCUT2D eigenvalue weighted by Crippen LogP contribution is -2.13. The highest BCUT2D eigenvalue weighted by molar-refractivity contribution is 6.02. The van der Waals surface area contributed by atoms with E-state index in [1.54, 1.807) is 0 Å². The second-order valence-electron chi connectivity index (χ2n) is 5.38. The first-order valence-electron chi connectivity index (χ1n) is 7.14. The van der Waals surface area contributed by atoms with Crippen LogP contribution in [0.3, 0.4) is 0 Å². The van der Waals surface area contributed by atoms with Crippen molar-refractivity contribution in [3.63, 3.8) is 0 Å². The van der Waals surface area contributed by atoms with E-state index >= 15 is 0 Å². The molecule has 1 aromatic carbocycles. The number of aryl methyl sites for hydroxylation is 1. The van der Waals surface area contributed by atoms with Crippen LogP contribution in [0.2, 0.25) is 0 Å². The Balaban J connectivity index is 2.63. The number of aliphatic hydroxyl groups is 1. The predicted octanol–water partition coefficient (Wildman–Crippen LogP) is 2.56. The molecule has 2 rings (SSSR count). The molecule has 0 saturated carbocycles. The Kier molecular flexibility index (Phi) is 4.48. The molecule has 3 N–H and O–H groups in total. The lowest BCUT2D eigenvalue weighted by molar-refractivity contribution is 0.1000. The standard InChI is InChI=1S/C17H22N2O2/c1-11-5-7-14(8-6-11)15-12(2)19(9-4-10-20)13(3)16(15)17(18)21/h5-8,20H,4,9-10H2,1-3H3,(H2,18,21). The van der Waals surface area contributed by atoms with E-state index in [2.05, 4.69) is 4.57 Å². The van der Waals surface area contributed by atoms with Crippen molar-refractivity contribution in [2.45, 2.75) is 33.7 Å². The molecule has 0 saturated heterocycles. The SMILES string of the molecule is Cc1ccc(-c2c(C(N)=O)c(C)n(CCCO)c2C)cc1. The summed E-state index contributed by atoms with van der Waals surface area (Å²) < 4.78 is 2.06. The molecule has 1 amide bonds. The summed E-state index contributed by atoms with van der Waals surface area (Å²) in [6.07, 6.45) is 0.655. The first-order valence-corrected chi connectivity index (χ1v) is 7.14. The second-order valence-corrected chi connectivity index (χ2v) is 5.38. The average Bonchev–Trinajstić information content (AvgIpc) is 2.69. The summed E-state index contributed by atoms with van der Waals surface area (Å²) in [6, 6.07) is 8.08. The summed E-state index contributed by atoms with van der Waals surface area (Å²) in [4.78, 5) is 11.9. The van der Waals surface area contributed by atoms with Crippen molar-refractivity contribution in [2.75, 3.05) is 6.61 Å². The molecule has 0 bridgehead atoms. The molecule has 0 spiro atoms. The molecular formula is C17H22N2O2. The summed E-state index contributed by atoms with van der Waals surface area (Å²) in [5.41, 5.74) is 11.1. The number of nitrogens with two attached hydrogens (primary N) is 1. The van der Waals surface area contributed by atoms with Crippen molar-refractivity contribution in [3.05, 3.63) is 46.8 Å². The van der Waals surface area contributed by atoms with Crippen molar-refractivity contribution < 1.29 is 9.90 Å². The van der Waals surface area contributed by atoms with Crippen molar-refractivity contribution in [2.24, 2.45) is 5.73 Å². The zero-order valence-electron chi connectivity index (χ0n) is 12.8. The van der Waals surface area contributed by atoms with Crippen LogP contribution in [0.15, 0.2) is 24.3 Å². The molecule has 0 aliphatic heterocycles. The van der Waals surface area contributed by atoms with Crippen molar-refractivity contribution in [1.29, 1.82) is 0 Å². The third kappa shape index (κ3) is 2.85. The molecule has 0 fully saturated rings. The number of aliphatic hydroxyl groups excluding tert-OH is 1. The van der Waals surface area contributed by atoms with Gasteiger partial charge in [0.25, 0.3) is 5.91 Å². The summed E-state index contributed by atoms with van der Waals surface area (Å²) >= 11 is 0. The quantitative estimate of drug-likeness (QED) is 0.887. The lowest BCUT2D eigenvalue weighted by Gasteiger charge is -2.08. The summed E-state index contributed by atoms with van der Waals surface area (Å²) in [5.74, 6) is -0.408. The smallest absolute Gasteiger partial charge is 0.251 e. The van der Waals surface area contributed by atoms with Crippen LogP contribution in [0.4, 0.5) is 0 Å². The first-order chi connectivity index (χ1) is 9.97. The number of nitrogens with zero attached hydrogens (tertiary/aromatic N) is 1. The monoisotopic (exact) mass is 286 g/mol. The van der Waals surface area contributed by atoms with Crippen LogP contribution in [0, 0.1) is 20.8 Å². The van der Waals surface area contributed by atoms with E-state index in [1.807, 2.05) is 45.0 Å². The minimum Gasteiger partial charge on any atom is -0.396 e. The molecule has 4 heteroatoms. The molecule has 1 aromatic heterocycles. The van der Waals surface area contributed by atoms with Gasteiger partial charge >= 0.3 is 0 Å². The fraction of sp³-hybridized carbons (Fsp3) is 0.353. The van der Waals surface area contributed by atoms with E-state index in [0.717, 1.165) is 22.5 Å². The maximum absolute atomic E-state index is 11.9. The van der Waals surface area contributed by atoms with E-state index < -0.39 is 5.91 Å². The van der Waals surface area contributed by atoms with E-state index in [4.69, 9.17) is 10.8 Å². The van der Waals surface area contributed by atoms with Gasteiger partial charge in [0.1, 0.15) is 0 Å². The highest BCUT2D eigenvalue weighted by atomic mass is 16.3. The number of hydrogen-bond acceptors (Lipinski definition) is 2. The molecule has 1 heterocycles. The number of carbonyl (C=O) groups is 1. The summed E-state index contributed by atoms with van der Waals surface area (Å²) in [6.45, 7) is 6.74. The first kappa shape index (κ1) is 15.3. The number of carbonyl (C=O) groups excluding carboxylic acids is 1. The van der Waals surface area contributed by atoms with E-state index in [-0.39, 0.29) is 6.61 Å². The normalized spacial score (nSPS) is 10.9. The minimum absolute atomic E-state index is 0.128. The molecular weight excluding hydrogens is 264 g/mol. The summed E-state index contributed by atoms with van der Waals surface area (Å²) in [7, 11) is 0. The van der Waals surface area contributed by atoms with Crippen LogP contribution < -0.4 is 5.73 Å². The van der Waals surface area contributed by atoms with Gasteiger partial charge in [0.05, 0.1) is 5.56 Å². The Morgan fingerprint density at radius 2 is 1.76 bits per heavy atom. The fourth-order valence-corrected chi connectivity index (χ4v) is 2.82. The van der Waals surface area contributed by atoms with Gasteiger partial charge in [0.15, 0.2) is 0 Å². The molecule has 0 aliphatic rings. The Labute approximate surface area is 125 Å². The van der Waals surface area contributed by atoms with Gasteiger partial charge in [-0.2, -0.15) is 0 Å². The van der Waals surface area contributed by atoms with Crippen molar-refractivity contribution >= 4 is 5.91 Å². The van der Waals surface area contributed by atoms with Gasteiger partial charge in [-0.1, -0.05) is 29.8 Å².